The number of anilines is 1. The third kappa shape index (κ3) is 2.56. The molecule has 1 amide bonds. The summed E-state index contributed by atoms with van der Waals surface area (Å²) in [6, 6.07) is 2.71. The third-order valence-corrected chi connectivity index (χ3v) is 4.81. The smallest absolute Gasteiger partial charge is 0.270 e. The maximum atomic E-state index is 12.8. The first-order chi connectivity index (χ1) is 9.56. The first kappa shape index (κ1) is 13.5. The van der Waals surface area contributed by atoms with Crippen molar-refractivity contribution in [2.24, 2.45) is 5.92 Å². The average Bonchev–Trinajstić information content (AvgIpc) is 3.20. The van der Waals surface area contributed by atoms with Crippen molar-refractivity contribution in [1.29, 1.82) is 0 Å². The van der Waals surface area contributed by atoms with E-state index in [1.165, 1.54) is 25.7 Å². The number of nitrogens with two attached hydrogens (primary N) is 1. The molecule has 4 nitrogen and oxygen atoms in total. The number of nitrogens with zero attached hydrogens (tertiary/aromatic N) is 2. The van der Waals surface area contributed by atoms with Gasteiger partial charge in [0, 0.05) is 25.3 Å². The SMILES string of the molecule is CC1CCCC(N(C)C(=O)c2cc(N)cn2C2CC2)C1. The minimum absolute atomic E-state index is 0.132. The van der Waals surface area contributed by atoms with E-state index in [0.717, 1.165) is 24.5 Å². The quantitative estimate of drug-likeness (QED) is 0.921. The van der Waals surface area contributed by atoms with Gasteiger partial charge in [-0.15, -0.1) is 0 Å². The molecule has 0 aliphatic heterocycles. The van der Waals surface area contributed by atoms with E-state index < -0.39 is 0 Å². The number of carbonyl (C=O) groups is 1. The highest BCUT2D eigenvalue weighted by molar-refractivity contribution is 5.94. The molecule has 110 valence electrons. The van der Waals surface area contributed by atoms with Gasteiger partial charge in [0.25, 0.3) is 5.91 Å². The normalized spacial score (nSPS) is 26.5. The molecular formula is C16H25N3O. The van der Waals surface area contributed by atoms with Crippen molar-refractivity contribution in [1.82, 2.24) is 9.47 Å². The van der Waals surface area contributed by atoms with Crippen LogP contribution in [0.15, 0.2) is 12.3 Å². The second-order valence-electron chi connectivity index (χ2n) is 6.64. The Hall–Kier alpha value is -1.45. The monoisotopic (exact) mass is 275 g/mol. The van der Waals surface area contributed by atoms with E-state index in [1.54, 1.807) is 0 Å². The molecule has 2 aliphatic carbocycles. The van der Waals surface area contributed by atoms with Gasteiger partial charge in [-0.1, -0.05) is 19.8 Å². The highest BCUT2D eigenvalue weighted by Crippen LogP contribution is 2.37. The molecule has 2 fully saturated rings. The van der Waals surface area contributed by atoms with Crippen molar-refractivity contribution in [3.63, 3.8) is 0 Å². The van der Waals surface area contributed by atoms with Crippen molar-refractivity contribution >= 4 is 11.6 Å². The number of hydrogen-bond acceptors (Lipinski definition) is 2. The molecule has 1 aromatic rings. The molecule has 0 aromatic carbocycles. The highest BCUT2D eigenvalue weighted by atomic mass is 16.2. The van der Waals surface area contributed by atoms with E-state index in [4.69, 9.17) is 5.73 Å². The van der Waals surface area contributed by atoms with E-state index in [9.17, 15) is 4.79 Å². The molecule has 2 aliphatic rings. The van der Waals surface area contributed by atoms with Gasteiger partial charge >= 0.3 is 0 Å². The van der Waals surface area contributed by atoms with Gasteiger partial charge in [-0.25, -0.2) is 0 Å². The fourth-order valence-corrected chi connectivity index (χ4v) is 3.43. The van der Waals surface area contributed by atoms with E-state index in [1.807, 2.05) is 24.2 Å². The summed E-state index contributed by atoms with van der Waals surface area (Å²) < 4.78 is 2.08. The molecule has 0 radical (unpaired) electrons. The first-order valence-electron chi connectivity index (χ1n) is 7.80. The maximum Gasteiger partial charge on any atom is 0.270 e. The maximum absolute atomic E-state index is 12.8. The van der Waals surface area contributed by atoms with Crippen LogP contribution in [0, 0.1) is 5.92 Å². The summed E-state index contributed by atoms with van der Waals surface area (Å²) in [6.07, 6.45) is 9.03. The van der Waals surface area contributed by atoms with Crippen LogP contribution in [0.4, 0.5) is 5.69 Å². The predicted molar refractivity (Wildman–Crippen MR) is 80.6 cm³/mol. The largest absolute Gasteiger partial charge is 0.397 e. The summed E-state index contributed by atoms with van der Waals surface area (Å²) in [5.41, 5.74) is 7.36. The van der Waals surface area contributed by atoms with Gasteiger partial charge in [-0.05, 0) is 37.7 Å². The molecule has 2 saturated carbocycles. The van der Waals surface area contributed by atoms with E-state index in [2.05, 4.69) is 11.5 Å². The van der Waals surface area contributed by atoms with Crippen LogP contribution in [0.3, 0.4) is 0 Å². The molecule has 2 atom stereocenters. The summed E-state index contributed by atoms with van der Waals surface area (Å²) in [6.45, 7) is 2.29. The molecule has 2 N–H and O–H groups in total. The van der Waals surface area contributed by atoms with Crippen molar-refractivity contribution in [3.05, 3.63) is 18.0 Å². The first-order valence-corrected chi connectivity index (χ1v) is 7.80. The lowest BCUT2D eigenvalue weighted by Gasteiger charge is -2.34. The fourth-order valence-electron chi connectivity index (χ4n) is 3.43. The van der Waals surface area contributed by atoms with Crippen LogP contribution in [-0.4, -0.2) is 28.5 Å². The molecule has 1 heterocycles. The Labute approximate surface area is 120 Å². The Morgan fingerprint density at radius 2 is 2.10 bits per heavy atom. The number of aromatic nitrogens is 1. The van der Waals surface area contributed by atoms with Gasteiger partial charge in [-0.2, -0.15) is 0 Å². The Balaban J connectivity index is 1.77. The molecular weight excluding hydrogens is 250 g/mol. The summed E-state index contributed by atoms with van der Waals surface area (Å²) in [5, 5.41) is 0. The molecule has 2 unspecified atom stereocenters. The van der Waals surface area contributed by atoms with Crippen LogP contribution in [0.5, 0.6) is 0 Å². The molecule has 1 aromatic heterocycles. The topological polar surface area (TPSA) is 51.3 Å². The van der Waals surface area contributed by atoms with Crippen LogP contribution in [-0.2, 0) is 0 Å². The second-order valence-corrected chi connectivity index (χ2v) is 6.64. The molecule has 3 rings (SSSR count). The molecule has 0 bridgehead atoms. The van der Waals surface area contributed by atoms with Gasteiger partial charge in [0.05, 0.1) is 5.69 Å². The van der Waals surface area contributed by atoms with Crippen molar-refractivity contribution in [3.8, 4) is 0 Å². The number of carbonyl (C=O) groups excluding carboxylic acids is 1. The lowest BCUT2D eigenvalue weighted by Crippen LogP contribution is -2.40. The van der Waals surface area contributed by atoms with Crippen LogP contribution < -0.4 is 5.73 Å². The van der Waals surface area contributed by atoms with Crippen molar-refractivity contribution in [2.75, 3.05) is 12.8 Å². The van der Waals surface area contributed by atoms with Gasteiger partial charge < -0.3 is 15.2 Å². The van der Waals surface area contributed by atoms with Crippen LogP contribution in [0.2, 0.25) is 0 Å². The summed E-state index contributed by atoms with van der Waals surface area (Å²) in [7, 11) is 1.95. The van der Waals surface area contributed by atoms with E-state index in [-0.39, 0.29) is 5.91 Å². The molecule has 0 saturated heterocycles. The zero-order valence-electron chi connectivity index (χ0n) is 12.5. The Morgan fingerprint density at radius 1 is 1.35 bits per heavy atom. The number of nitrogen functional groups attached to an aromatic ring is 1. The second kappa shape index (κ2) is 5.15. The van der Waals surface area contributed by atoms with Crippen LogP contribution in [0.25, 0.3) is 0 Å². The standard InChI is InChI=1S/C16H25N3O/c1-11-4-3-5-14(8-11)18(2)16(20)15-9-12(17)10-19(15)13-6-7-13/h9-11,13-14H,3-8,17H2,1-2H3. The highest BCUT2D eigenvalue weighted by Gasteiger charge is 2.31. The minimum atomic E-state index is 0.132. The van der Waals surface area contributed by atoms with Gasteiger partial charge in [0.15, 0.2) is 0 Å². The minimum Gasteiger partial charge on any atom is -0.397 e. The summed E-state index contributed by atoms with van der Waals surface area (Å²) in [5.74, 6) is 0.858. The van der Waals surface area contributed by atoms with Crippen molar-refractivity contribution < 1.29 is 4.79 Å². The zero-order chi connectivity index (χ0) is 14.3. The number of amides is 1. The Kier molecular flexibility index (Phi) is 3.48. The predicted octanol–water partition coefficient (Wildman–Crippen LogP) is 3.06. The Morgan fingerprint density at radius 3 is 2.75 bits per heavy atom. The van der Waals surface area contributed by atoms with E-state index in [0.29, 0.717) is 17.8 Å². The zero-order valence-corrected chi connectivity index (χ0v) is 12.5. The molecule has 0 spiro atoms. The summed E-state index contributed by atoms with van der Waals surface area (Å²) in [4.78, 5) is 14.7. The molecule has 20 heavy (non-hydrogen) atoms. The number of rotatable bonds is 3. The molecule has 4 heteroatoms. The van der Waals surface area contributed by atoms with Crippen LogP contribution in [0.1, 0.15) is 62.0 Å². The summed E-state index contributed by atoms with van der Waals surface area (Å²) >= 11 is 0. The lowest BCUT2D eigenvalue weighted by atomic mass is 9.86. The number of hydrogen-bond donors (Lipinski definition) is 1. The van der Waals surface area contributed by atoms with Crippen molar-refractivity contribution in [2.45, 2.75) is 57.5 Å². The third-order valence-electron chi connectivity index (χ3n) is 4.81. The van der Waals surface area contributed by atoms with Gasteiger partial charge in [0.1, 0.15) is 5.69 Å². The van der Waals surface area contributed by atoms with Gasteiger partial charge in [-0.3, -0.25) is 4.79 Å². The van der Waals surface area contributed by atoms with E-state index >= 15 is 0 Å². The van der Waals surface area contributed by atoms with Gasteiger partial charge in [0.2, 0.25) is 0 Å². The average molecular weight is 275 g/mol. The lowest BCUT2D eigenvalue weighted by molar-refractivity contribution is 0.0661. The van der Waals surface area contributed by atoms with Crippen LogP contribution >= 0.6 is 0 Å². The Bertz CT molecular complexity index is 504. The fraction of sp³-hybridized carbons (Fsp3) is 0.688.